The molecule has 0 saturated carbocycles. The summed E-state index contributed by atoms with van der Waals surface area (Å²) in [6.45, 7) is 11.4. The molecule has 2 nitrogen and oxygen atoms in total. The molecule has 0 aromatic carbocycles. The topological polar surface area (TPSA) is 8.81 Å². The van der Waals surface area contributed by atoms with E-state index in [2.05, 4.69) is 49.2 Å². The van der Waals surface area contributed by atoms with Crippen molar-refractivity contribution in [1.82, 2.24) is 4.57 Å². The second kappa shape index (κ2) is 7.52. The van der Waals surface area contributed by atoms with Crippen LogP contribution in [0.15, 0.2) is 12.4 Å². The van der Waals surface area contributed by atoms with Gasteiger partial charge in [-0.15, -0.1) is 0 Å². The maximum absolute atomic E-state index is 2.45. The van der Waals surface area contributed by atoms with Gasteiger partial charge in [-0.25, -0.2) is 9.13 Å². The van der Waals surface area contributed by atoms with Crippen molar-refractivity contribution < 1.29 is 4.57 Å². The molecule has 0 aliphatic rings. The van der Waals surface area contributed by atoms with Crippen LogP contribution in [0.2, 0.25) is 0 Å². The average Bonchev–Trinajstić information content (AvgIpc) is 2.68. The number of imidazole rings is 1. The van der Waals surface area contributed by atoms with Gasteiger partial charge in [0, 0.05) is 0 Å². The van der Waals surface area contributed by atoms with E-state index in [0.717, 1.165) is 6.54 Å². The standard InChI is InChI=1S/C15H29N2/c1-5-7-8-9-11-17-13-12-16(10-6-2)15(17)14(3)4/h12-14H,5-11H2,1-4H3/q+1. The lowest BCUT2D eigenvalue weighted by atomic mass is 10.2. The van der Waals surface area contributed by atoms with E-state index in [1.165, 1.54) is 44.5 Å². The Morgan fingerprint density at radius 2 is 1.88 bits per heavy atom. The number of aromatic nitrogens is 2. The Morgan fingerprint density at radius 1 is 1.12 bits per heavy atom. The fourth-order valence-corrected chi connectivity index (χ4v) is 2.47. The van der Waals surface area contributed by atoms with Crippen molar-refractivity contribution >= 4 is 0 Å². The van der Waals surface area contributed by atoms with Crippen LogP contribution in [0.4, 0.5) is 0 Å². The van der Waals surface area contributed by atoms with E-state index in [1.807, 2.05) is 0 Å². The molecular weight excluding hydrogens is 208 g/mol. The zero-order valence-corrected chi connectivity index (χ0v) is 12.1. The van der Waals surface area contributed by atoms with Crippen molar-refractivity contribution in [2.24, 2.45) is 0 Å². The molecule has 1 rings (SSSR count). The smallest absolute Gasteiger partial charge is 0.234 e. The highest BCUT2D eigenvalue weighted by molar-refractivity contribution is 4.89. The zero-order valence-electron chi connectivity index (χ0n) is 12.1. The molecule has 1 heterocycles. The van der Waals surface area contributed by atoms with Crippen molar-refractivity contribution in [1.29, 1.82) is 0 Å². The molecule has 0 N–H and O–H groups in total. The third kappa shape index (κ3) is 4.18. The predicted octanol–water partition coefficient (Wildman–Crippen LogP) is 3.89. The normalized spacial score (nSPS) is 11.4. The molecule has 0 amide bonds. The van der Waals surface area contributed by atoms with Crippen LogP contribution in [0.1, 0.15) is 71.5 Å². The summed E-state index contributed by atoms with van der Waals surface area (Å²) in [5.41, 5.74) is 0. The van der Waals surface area contributed by atoms with Crippen LogP contribution in [-0.4, -0.2) is 4.57 Å². The summed E-state index contributed by atoms with van der Waals surface area (Å²) < 4.78 is 4.88. The van der Waals surface area contributed by atoms with Crippen LogP contribution in [0.3, 0.4) is 0 Å². The molecule has 0 unspecified atom stereocenters. The fraction of sp³-hybridized carbons (Fsp3) is 0.800. The molecule has 0 atom stereocenters. The maximum atomic E-state index is 2.45. The molecule has 0 saturated heterocycles. The highest BCUT2D eigenvalue weighted by Gasteiger charge is 2.19. The first-order chi connectivity index (χ1) is 8.20. The van der Waals surface area contributed by atoms with Gasteiger partial charge in [0.2, 0.25) is 0 Å². The molecule has 98 valence electrons. The van der Waals surface area contributed by atoms with Gasteiger partial charge in [0.15, 0.2) is 0 Å². The van der Waals surface area contributed by atoms with E-state index < -0.39 is 0 Å². The molecule has 1 aromatic rings. The fourth-order valence-electron chi connectivity index (χ4n) is 2.47. The van der Waals surface area contributed by atoms with Gasteiger partial charge >= 0.3 is 0 Å². The van der Waals surface area contributed by atoms with Gasteiger partial charge < -0.3 is 0 Å². The lowest BCUT2D eigenvalue weighted by molar-refractivity contribution is -0.704. The molecule has 1 aromatic heterocycles. The van der Waals surface area contributed by atoms with E-state index in [1.54, 1.807) is 0 Å². The van der Waals surface area contributed by atoms with Crippen molar-refractivity contribution in [3.8, 4) is 0 Å². The van der Waals surface area contributed by atoms with Crippen molar-refractivity contribution in [3.63, 3.8) is 0 Å². The first kappa shape index (κ1) is 14.3. The lowest BCUT2D eigenvalue weighted by Crippen LogP contribution is -2.37. The Balaban J connectivity index is 2.64. The van der Waals surface area contributed by atoms with E-state index >= 15 is 0 Å². The van der Waals surface area contributed by atoms with Gasteiger partial charge in [-0.2, -0.15) is 0 Å². The van der Waals surface area contributed by atoms with Gasteiger partial charge in [0.25, 0.3) is 5.82 Å². The van der Waals surface area contributed by atoms with Crippen LogP contribution in [0.25, 0.3) is 0 Å². The van der Waals surface area contributed by atoms with Gasteiger partial charge in [-0.05, 0) is 19.3 Å². The monoisotopic (exact) mass is 237 g/mol. The predicted molar refractivity (Wildman–Crippen MR) is 73.1 cm³/mol. The Hall–Kier alpha value is -0.790. The zero-order chi connectivity index (χ0) is 12.7. The molecule has 0 aliphatic carbocycles. The molecular formula is C15H29N2+. The van der Waals surface area contributed by atoms with E-state index in [9.17, 15) is 0 Å². The highest BCUT2D eigenvalue weighted by atomic mass is 15.1. The number of hydrogen-bond acceptors (Lipinski definition) is 0. The number of unbranched alkanes of at least 4 members (excludes halogenated alkanes) is 3. The van der Waals surface area contributed by atoms with Crippen LogP contribution in [0.5, 0.6) is 0 Å². The van der Waals surface area contributed by atoms with Crippen molar-refractivity contribution in [2.75, 3.05) is 0 Å². The van der Waals surface area contributed by atoms with Gasteiger partial charge in [0.05, 0.1) is 19.0 Å². The summed E-state index contributed by atoms with van der Waals surface area (Å²) in [4.78, 5) is 0. The average molecular weight is 237 g/mol. The summed E-state index contributed by atoms with van der Waals surface area (Å²) in [5, 5.41) is 0. The number of nitrogens with zero attached hydrogens (tertiary/aromatic N) is 2. The Morgan fingerprint density at radius 3 is 2.47 bits per heavy atom. The largest absolute Gasteiger partial charge is 0.258 e. The third-order valence-corrected chi connectivity index (χ3v) is 3.25. The van der Waals surface area contributed by atoms with Gasteiger partial charge in [-0.3, -0.25) is 0 Å². The quantitative estimate of drug-likeness (QED) is 0.479. The Bertz CT molecular complexity index is 313. The molecule has 17 heavy (non-hydrogen) atoms. The maximum Gasteiger partial charge on any atom is 0.258 e. The number of rotatable bonds is 8. The Labute approximate surface area is 107 Å². The van der Waals surface area contributed by atoms with Crippen molar-refractivity contribution in [2.45, 2.75) is 78.8 Å². The van der Waals surface area contributed by atoms with E-state index in [0.29, 0.717) is 5.92 Å². The molecule has 0 aliphatic heterocycles. The number of hydrogen-bond donors (Lipinski definition) is 0. The Kier molecular flexibility index (Phi) is 6.31. The summed E-state index contributed by atoms with van der Waals surface area (Å²) >= 11 is 0. The van der Waals surface area contributed by atoms with Crippen LogP contribution in [0, 0.1) is 0 Å². The SMILES string of the molecule is CCCCCCn1cc[n+](CCC)c1C(C)C. The second-order valence-corrected chi connectivity index (χ2v) is 5.26. The minimum atomic E-state index is 0.614. The van der Waals surface area contributed by atoms with E-state index in [-0.39, 0.29) is 0 Å². The minimum Gasteiger partial charge on any atom is -0.234 e. The highest BCUT2D eigenvalue weighted by Crippen LogP contribution is 2.12. The third-order valence-electron chi connectivity index (χ3n) is 3.25. The second-order valence-electron chi connectivity index (χ2n) is 5.26. The summed E-state index contributed by atoms with van der Waals surface area (Å²) in [7, 11) is 0. The molecule has 0 radical (unpaired) electrons. The summed E-state index contributed by atoms with van der Waals surface area (Å²) in [6, 6.07) is 0. The minimum absolute atomic E-state index is 0.614. The van der Waals surface area contributed by atoms with Gasteiger partial charge in [-0.1, -0.05) is 40.5 Å². The lowest BCUT2D eigenvalue weighted by Gasteiger charge is -2.07. The van der Waals surface area contributed by atoms with Crippen LogP contribution < -0.4 is 4.57 Å². The van der Waals surface area contributed by atoms with Crippen LogP contribution >= 0.6 is 0 Å². The van der Waals surface area contributed by atoms with Crippen LogP contribution in [-0.2, 0) is 13.1 Å². The van der Waals surface area contributed by atoms with Crippen molar-refractivity contribution in [3.05, 3.63) is 18.2 Å². The molecule has 2 heteroatoms. The summed E-state index contributed by atoms with van der Waals surface area (Å²) in [6.07, 6.45) is 11.1. The molecule has 0 fully saturated rings. The van der Waals surface area contributed by atoms with Gasteiger partial charge in [0.1, 0.15) is 12.4 Å². The molecule has 0 bridgehead atoms. The van der Waals surface area contributed by atoms with E-state index in [4.69, 9.17) is 0 Å². The summed E-state index contributed by atoms with van der Waals surface area (Å²) in [5.74, 6) is 2.10. The first-order valence-corrected chi connectivity index (χ1v) is 7.29. The molecule has 0 spiro atoms. The first-order valence-electron chi connectivity index (χ1n) is 7.29. The number of aryl methyl sites for hydroxylation is 2.